The van der Waals surface area contributed by atoms with Crippen LogP contribution in [0.4, 0.5) is 5.69 Å². The lowest BCUT2D eigenvalue weighted by Crippen LogP contribution is -2.32. The van der Waals surface area contributed by atoms with Gasteiger partial charge in [-0.25, -0.2) is 4.52 Å². The third-order valence-corrected chi connectivity index (χ3v) is 5.85. The van der Waals surface area contributed by atoms with E-state index >= 15 is 0 Å². The van der Waals surface area contributed by atoms with Gasteiger partial charge in [0.25, 0.3) is 5.91 Å². The van der Waals surface area contributed by atoms with Gasteiger partial charge in [0.05, 0.1) is 36.1 Å². The molecule has 164 valence electrons. The fourth-order valence-corrected chi connectivity index (χ4v) is 4.06. The molecule has 0 saturated carbocycles. The molecule has 0 unspecified atom stereocenters. The summed E-state index contributed by atoms with van der Waals surface area (Å²) in [5.74, 6) is 0.114. The van der Waals surface area contributed by atoms with E-state index in [-0.39, 0.29) is 29.9 Å². The Labute approximate surface area is 185 Å². The van der Waals surface area contributed by atoms with Crippen LogP contribution in [-0.2, 0) is 4.79 Å². The Morgan fingerprint density at radius 3 is 2.69 bits per heavy atom. The number of aromatic nitrogens is 2. The SMILES string of the molecule is COc1ccc(-c2cc3c(N[C@@H]4CN(C(=O)CC#N)C[C@@H]4C)c(C(N)=O)cnn3c2)cc1. The number of methoxy groups -OCH3 is 1. The number of amides is 2. The van der Waals surface area contributed by atoms with Gasteiger partial charge in [-0.2, -0.15) is 10.4 Å². The van der Waals surface area contributed by atoms with E-state index in [4.69, 9.17) is 15.7 Å². The molecule has 1 aliphatic heterocycles. The highest BCUT2D eigenvalue weighted by Gasteiger charge is 2.33. The van der Waals surface area contributed by atoms with Crippen LogP contribution in [0.15, 0.2) is 42.7 Å². The number of carbonyl (C=O) groups is 2. The zero-order valence-electron chi connectivity index (χ0n) is 17.9. The fourth-order valence-electron chi connectivity index (χ4n) is 4.06. The van der Waals surface area contributed by atoms with E-state index < -0.39 is 5.91 Å². The van der Waals surface area contributed by atoms with Gasteiger partial charge in [-0.3, -0.25) is 9.59 Å². The van der Waals surface area contributed by atoms with Gasteiger partial charge >= 0.3 is 0 Å². The van der Waals surface area contributed by atoms with Gasteiger partial charge in [0.15, 0.2) is 0 Å². The molecule has 1 aliphatic rings. The number of hydrogen-bond donors (Lipinski definition) is 2. The van der Waals surface area contributed by atoms with Gasteiger partial charge in [0.1, 0.15) is 12.2 Å². The Balaban J connectivity index is 1.70. The molecule has 9 heteroatoms. The van der Waals surface area contributed by atoms with Crippen molar-refractivity contribution in [1.29, 1.82) is 5.26 Å². The maximum atomic E-state index is 12.2. The summed E-state index contributed by atoms with van der Waals surface area (Å²) in [6.45, 7) is 3.02. The fraction of sp³-hybridized carbons (Fsp3) is 0.304. The summed E-state index contributed by atoms with van der Waals surface area (Å²) in [6, 6.07) is 11.4. The third-order valence-electron chi connectivity index (χ3n) is 5.85. The molecule has 2 aromatic heterocycles. The molecule has 3 N–H and O–H groups in total. The highest BCUT2D eigenvalue weighted by Crippen LogP contribution is 2.31. The normalized spacial score (nSPS) is 17.8. The minimum Gasteiger partial charge on any atom is -0.497 e. The lowest BCUT2D eigenvalue weighted by molar-refractivity contribution is -0.129. The summed E-state index contributed by atoms with van der Waals surface area (Å²) >= 11 is 0. The number of rotatable bonds is 6. The molecule has 3 heterocycles. The van der Waals surface area contributed by atoms with Crippen LogP contribution in [-0.4, -0.2) is 52.6 Å². The first-order chi connectivity index (χ1) is 15.4. The molecule has 4 rings (SSSR count). The van der Waals surface area contributed by atoms with E-state index in [1.165, 1.54) is 6.20 Å². The molecule has 1 fully saturated rings. The molecule has 0 radical (unpaired) electrons. The van der Waals surface area contributed by atoms with Gasteiger partial charge in [-0.1, -0.05) is 19.1 Å². The van der Waals surface area contributed by atoms with Gasteiger partial charge in [-0.15, -0.1) is 0 Å². The largest absolute Gasteiger partial charge is 0.497 e. The van der Waals surface area contributed by atoms with E-state index in [1.54, 1.807) is 16.5 Å². The Hall–Kier alpha value is -4.06. The number of nitrogens with zero attached hydrogens (tertiary/aromatic N) is 4. The van der Waals surface area contributed by atoms with Crippen LogP contribution < -0.4 is 15.8 Å². The van der Waals surface area contributed by atoms with Gasteiger partial charge in [0.2, 0.25) is 5.91 Å². The average molecular weight is 432 g/mol. The van der Waals surface area contributed by atoms with Crippen LogP contribution in [0.25, 0.3) is 16.6 Å². The molecule has 1 aromatic carbocycles. The van der Waals surface area contributed by atoms with Crippen molar-refractivity contribution in [2.45, 2.75) is 19.4 Å². The van der Waals surface area contributed by atoms with Gasteiger partial charge in [0, 0.05) is 30.9 Å². The molecular weight excluding hydrogens is 408 g/mol. The molecule has 0 aliphatic carbocycles. The molecule has 32 heavy (non-hydrogen) atoms. The topological polar surface area (TPSA) is 126 Å². The second-order valence-corrected chi connectivity index (χ2v) is 7.95. The van der Waals surface area contributed by atoms with Crippen molar-refractivity contribution in [3.63, 3.8) is 0 Å². The number of carbonyl (C=O) groups excluding carboxylic acids is 2. The van der Waals surface area contributed by atoms with Crippen molar-refractivity contribution >= 4 is 23.0 Å². The summed E-state index contributed by atoms with van der Waals surface area (Å²) in [5.41, 5.74) is 9.11. The standard InChI is InChI=1S/C23H24N6O3/c1-14-11-28(21(30)7-8-24)13-19(14)27-22-18(23(25)31)10-26-29-12-16(9-20(22)29)15-3-5-17(32-2)6-4-15/h3-6,9-10,12,14,19,27H,7,11,13H2,1-2H3,(H2,25,31)/t14-,19+/m0/s1. The van der Waals surface area contributed by atoms with Gasteiger partial charge in [-0.05, 0) is 29.7 Å². The summed E-state index contributed by atoms with van der Waals surface area (Å²) in [6.07, 6.45) is 3.19. The number of primary amides is 1. The number of fused-ring (bicyclic) bond motifs is 1. The average Bonchev–Trinajstić information content (AvgIpc) is 3.38. The Morgan fingerprint density at radius 2 is 2.03 bits per heavy atom. The molecule has 9 nitrogen and oxygen atoms in total. The molecular formula is C23H24N6O3. The first-order valence-electron chi connectivity index (χ1n) is 10.3. The van der Waals surface area contributed by atoms with Crippen LogP contribution in [0, 0.1) is 17.2 Å². The number of nitrogens with two attached hydrogens (primary N) is 1. The minimum absolute atomic E-state index is 0.0960. The van der Waals surface area contributed by atoms with Crippen LogP contribution in [0.2, 0.25) is 0 Å². The predicted molar refractivity (Wildman–Crippen MR) is 119 cm³/mol. The number of likely N-dealkylation sites (tertiary alicyclic amines) is 1. The van der Waals surface area contributed by atoms with E-state index in [2.05, 4.69) is 10.4 Å². The maximum absolute atomic E-state index is 12.2. The molecule has 2 atom stereocenters. The molecule has 0 bridgehead atoms. The zero-order valence-corrected chi connectivity index (χ0v) is 17.9. The van der Waals surface area contributed by atoms with Crippen molar-refractivity contribution in [1.82, 2.24) is 14.5 Å². The van der Waals surface area contributed by atoms with Crippen LogP contribution in [0.1, 0.15) is 23.7 Å². The predicted octanol–water partition coefficient (Wildman–Crippen LogP) is 2.28. The first-order valence-corrected chi connectivity index (χ1v) is 10.3. The summed E-state index contributed by atoms with van der Waals surface area (Å²) in [7, 11) is 1.62. The highest BCUT2D eigenvalue weighted by molar-refractivity contribution is 6.02. The highest BCUT2D eigenvalue weighted by atomic mass is 16.5. The van der Waals surface area contributed by atoms with Crippen molar-refractivity contribution in [3.05, 3.63) is 48.3 Å². The minimum atomic E-state index is -0.585. The molecule has 3 aromatic rings. The van der Waals surface area contributed by atoms with Crippen molar-refractivity contribution in [3.8, 4) is 22.9 Å². The zero-order chi connectivity index (χ0) is 22.8. The molecule has 1 saturated heterocycles. The Morgan fingerprint density at radius 1 is 1.28 bits per heavy atom. The van der Waals surface area contributed by atoms with Crippen molar-refractivity contribution in [2.75, 3.05) is 25.5 Å². The lowest BCUT2D eigenvalue weighted by Gasteiger charge is -2.20. The van der Waals surface area contributed by atoms with Crippen LogP contribution in [0.3, 0.4) is 0 Å². The van der Waals surface area contributed by atoms with Crippen molar-refractivity contribution in [2.24, 2.45) is 11.7 Å². The summed E-state index contributed by atoms with van der Waals surface area (Å²) in [5, 5.41) is 16.6. The number of benzene rings is 1. The number of nitriles is 1. The Kier molecular flexibility index (Phi) is 5.69. The first kappa shape index (κ1) is 21.2. The van der Waals surface area contributed by atoms with E-state index in [1.807, 2.05) is 49.5 Å². The maximum Gasteiger partial charge on any atom is 0.252 e. The van der Waals surface area contributed by atoms with E-state index in [0.29, 0.717) is 24.3 Å². The second-order valence-electron chi connectivity index (χ2n) is 7.95. The number of anilines is 1. The van der Waals surface area contributed by atoms with Crippen molar-refractivity contribution < 1.29 is 14.3 Å². The summed E-state index contributed by atoms with van der Waals surface area (Å²) < 4.78 is 6.93. The smallest absolute Gasteiger partial charge is 0.252 e. The molecule has 2 amide bonds. The number of ether oxygens (including phenoxy) is 1. The van der Waals surface area contributed by atoms with E-state index in [9.17, 15) is 9.59 Å². The Bertz CT molecular complexity index is 1210. The van der Waals surface area contributed by atoms with Crippen LogP contribution >= 0.6 is 0 Å². The van der Waals surface area contributed by atoms with Crippen LogP contribution in [0.5, 0.6) is 5.75 Å². The summed E-state index contributed by atoms with van der Waals surface area (Å²) in [4.78, 5) is 26.0. The van der Waals surface area contributed by atoms with E-state index in [0.717, 1.165) is 16.9 Å². The van der Waals surface area contributed by atoms with Gasteiger partial charge < -0.3 is 20.7 Å². The third kappa shape index (κ3) is 3.95. The quantitative estimate of drug-likeness (QED) is 0.615. The number of nitrogens with one attached hydrogen (secondary N) is 1. The monoisotopic (exact) mass is 432 g/mol. The number of hydrogen-bond acceptors (Lipinski definition) is 6. The lowest BCUT2D eigenvalue weighted by atomic mass is 10.0. The second kappa shape index (κ2) is 8.59. The molecule has 0 spiro atoms.